The summed E-state index contributed by atoms with van der Waals surface area (Å²) in [7, 11) is 6.28. The third kappa shape index (κ3) is 3.43. The van der Waals surface area contributed by atoms with Crippen LogP contribution in [0, 0.1) is 0 Å². The molecule has 0 aliphatic heterocycles. The summed E-state index contributed by atoms with van der Waals surface area (Å²) in [6, 6.07) is 8.73. The molecular weight excluding hydrogens is 380 g/mol. The number of amides is 1. The zero-order chi connectivity index (χ0) is 20.3. The molecule has 1 amide bonds. The summed E-state index contributed by atoms with van der Waals surface area (Å²) in [5, 5.41) is 0. The number of hydrogen-bond donors (Lipinski definition) is 0. The number of rotatable bonds is 6. The lowest BCUT2D eigenvalue weighted by molar-refractivity contribution is 0.0994. The van der Waals surface area contributed by atoms with Crippen molar-refractivity contribution in [3.05, 3.63) is 40.7 Å². The first-order valence-electron chi connectivity index (χ1n) is 8.63. The number of nitrogens with zero attached hydrogens (tertiary/aromatic N) is 2. The number of fused-ring (bicyclic) bond motifs is 1. The molecule has 0 unspecified atom stereocenters. The molecule has 0 aliphatic rings. The van der Waals surface area contributed by atoms with E-state index in [4.69, 9.17) is 18.9 Å². The minimum Gasteiger partial charge on any atom is -0.497 e. The Balaban J connectivity index is 2.24. The van der Waals surface area contributed by atoms with Gasteiger partial charge in [-0.1, -0.05) is 11.3 Å². The van der Waals surface area contributed by atoms with Crippen LogP contribution in [0.15, 0.2) is 35.3 Å². The van der Waals surface area contributed by atoms with E-state index in [0.29, 0.717) is 39.9 Å². The molecule has 3 rings (SSSR count). The molecule has 28 heavy (non-hydrogen) atoms. The van der Waals surface area contributed by atoms with Gasteiger partial charge in [0.15, 0.2) is 4.80 Å². The second-order valence-electron chi connectivity index (χ2n) is 5.76. The summed E-state index contributed by atoms with van der Waals surface area (Å²) in [6.45, 7) is 2.60. The molecule has 1 aromatic heterocycles. The minimum atomic E-state index is -0.414. The second kappa shape index (κ2) is 8.35. The van der Waals surface area contributed by atoms with E-state index < -0.39 is 5.91 Å². The number of aromatic nitrogens is 1. The fourth-order valence-corrected chi connectivity index (χ4v) is 4.16. The molecule has 8 heteroatoms. The zero-order valence-corrected chi connectivity index (χ0v) is 17.3. The van der Waals surface area contributed by atoms with Crippen molar-refractivity contribution in [2.45, 2.75) is 13.5 Å². The Labute approximate surface area is 166 Å². The third-order valence-electron chi connectivity index (χ3n) is 4.34. The van der Waals surface area contributed by atoms with Crippen LogP contribution in [0.4, 0.5) is 0 Å². The van der Waals surface area contributed by atoms with Crippen LogP contribution in [0.3, 0.4) is 0 Å². The highest BCUT2D eigenvalue weighted by atomic mass is 32.1. The minimum absolute atomic E-state index is 0.334. The molecular formula is C20H22N2O5S. The number of thiazole rings is 1. The summed E-state index contributed by atoms with van der Waals surface area (Å²) >= 11 is 1.37. The number of ether oxygens (including phenoxy) is 4. The molecule has 2 aromatic carbocycles. The van der Waals surface area contributed by atoms with E-state index in [0.717, 1.165) is 10.2 Å². The maximum absolute atomic E-state index is 12.9. The average molecular weight is 402 g/mol. The summed E-state index contributed by atoms with van der Waals surface area (Å²) in [5.41, 5.74) is 1.18. The van der Waals surface area contributed by atoms with Gasteiger partial charge in [0.2, 0.25) is 0 Å². The average Bonchev–Trinajstić information content (AvgIpc) is 3.10. The molecule has 1 heterocycles. The van der Waals surface area contributed by atoms with Crippen molar-refractivity contribution in [1.82, 2.24) is 4.57 Å². The fourth-order valence-electron chi connectivity index (χ4n) is 2.96. The van der Waals surface area contributed by atoms with E-state index in [-0.39, 0.29) is 0 Å². The molecule has 148 valence electrons. The van der Waals surface area contributed by atoms with Crippen LogP contribution in [0.5, 0.6) is 23.0 Å². The van der Waals surface area contributed by atoms with Gasteiger partial charge in [-0.3, -0.25) is 4.79 Å². The smallest absolute Gasteiger partial charge is 0.283 e. The van der Waals surface area contributed by atoms with Crippen LogP contribution in [0.25, 0.3) is 10.2 Å². The highest BCUT2D eigenvalue weighted by Gasteiger charge is 2.17. The molecule has 0 bridgehead atoms. The predicted octanol–water partition coefficient (Wildman–Crippen LogP) is 3.50. The van der Waals surface area contributed by atoms with Crippen LogP contribution in [-0.2, 0) is 6.54 Å². The number of carbonyl (C=O) groups is 1. The Morgan fingerprint density at radius 3 is 2.21 bits per heavy atom. The van der Waals surface area contributed by atoms with Crippen LogP contribution >= 0.6 is 11.3 Å². The van der Waals surface area contributed by atoms with Gasteiger partial charge in [-0.05, 0) is 37.3 Å². The van der Waals surface area contributed by atoms with Crippen molar-refractivity contribution in [3.63, 3.8) is 0 Å². The van der Waals surface area contributed by atoms with Crippen LogP contribution in [0.1, 0.15) is 17.3 Å². The van der Waals surface area contributed by atoms with Crippen molar-refractivity contribution in [2.24, 2.45) is 4.99 Å². The van der Waals surface area contributed by atoms with Crippen molar-refractivity contribution in [2.75, 3.05) is 28.4 Å². The number of hydrogen-bond acceptors (Lipinski definition) is 6. The Kier molecular flexibility index (Phi) is 5.89. The van der Waals surface area contributed by atoms with Gasteiger partial charge < -0.3 is 23.5 Å². The largest absolute Gasteiger partial charge is 0.497 e. The number of methoxy groups -OCH3 is 4. The first-order chi connectivity index (χ1) is 13.6. The Bertz CT molecular complexity index is 1080. The van der Waals surface area contributed by atoms with Crippen LogP contribution in [0.2, 0.25) is 0 Å². The summed E-state index contributed by atoms with van der Waals surface area (Å²) in [6.07, 6.45) is 0. The van der Waals surface area contributed by atoms with E-state index >= 15 is 0 Å². The normalized spacial score (nSPS) is 11.5. The van der Waals surface area contributed by atoms with Gasteiger partial charge in [0, 0.05) is 6.54 Å². The second-order valence-corrected chi connectivity index (χ2v) is 6.74. The van der Waals surface area contributed by atoms with E-state index in [1.807, 2.05) is 23.6 Å². The molecule has 0 atom stereocenters. The van der Waals surface area contributed by atoms with Crippen LogP contribution in [-0.4, -0.2) is 38.9 Å². The van der Waals surface area contributed by atoms with E-state index in [2.05, 4.69) is 4.99 Å². The molecule has 7 nitrogen and oxygen atoms in total. The maximum Gasteiger partial charge on any atom is 0.283 e. The fraction of sp³-hybridized carbons (Fsp3) is 0.300. The standard InChI is InChI=1S/C20H22N2O5S/c1-6-22-17-15(26-4)9-10-16(27-5)18(17)28-20(22)21-19(23)13-11-12(24-2)7-8-14(13)25-3/h7-11H,6H2,1-5H3. The highest BCUT2D eigenvalue weighted by molar-refractivity contribution is 7.16. The lowest BCUT2D eigenvalue weighted by atomic mass is 10.2. The zero-order valence-electron chi connectivity index (χ0n) is 16.4. The number of carbonyl (C=O) groups excluding carboxylic acids is 1. The summed E-state index contributed by atoms with van der Waals surface area (Å²) < 4.78 is 24.3. The van der Waals surface area contributed by atoms with Crippen LogP contribution < -0.4 is 23.7 Å². The van der Waals surface area contributed by atoms with Crippen molar-refractivity contribution >= 4 is 27.5 Å². The quantitative estimate of drug-likeness (QED) is 0.631. The van der Waals surface area contributed by atoms with Crippen molar-refractivity contribution < 1.29 is 23.7 Å². The molecule has 0 aliphatic carbocycles. The topological polar surface area (TPSA) is 71.3 Å². The molecule has 0 N–H and O–H groups in total. The summed E-state index contributed by atoms with van der Waals surface area (Å²) in [5.74, 6) is 1.98. The first kappa shape index (κ1) is 19.8. The van der Waals surface area contributed by atoms with Gasteiger partial charge in [0.05, 0.1) is 34.0 Å². The van der Waals surface area contributed by atoms with Gasteiger partial charge in [-0.25, -0.2) is 0 Å². The molecule has 0 radical (unpaired) electrons. The lowest BCUT2D eigenvalue weighted by Gasteiger charge is -2.09. The first-order valence-corrected chi connectivity index (χ1v) is 9.44. The Hall–Kier alpha value is -3.00. The van der Waals surface area contributed by atoms with Crippen molar-refractivity contribution in [3.8, 4) is 23.0 Å². The lowest BCUT2D eigenvalue weighted by Crippen LogP contribution is -2.16. The van der Waals surface area contributed by atoms with Gasteiger partial charge in [0.25, 0.3) is 5.91 Å². The maximum atomic E-state index is 12.9. The monoisotopic (exact) mass is 402 g/mol. The SMILES string of the molecule is CCn1c(=NC(=O)c2cc(OC)ccc2OC)sc2c(OC)ccc(OC)c21. The molecule has 0 saturated carbocycles. The van der Waals surface area contributed by atoms with E-state index in [9.17, 15) is 4.79 Å². The molecule has 0 fully saturated rings. The van der Waals surface area contributed by atoms with Gasteiger partial charge in [0.1, 0.15) is 33.2 Å². The molecule has 3 aromatic rings. The van der Waals surface area contributed by atoms with Gasteiger partial charge in [-0.2, -0.15) is 4.99 Å². The number of benzene rings is 2. The predicted molar refractivity (Wildman–Crippen MR) is 108 cm³/mol. The van der Waals surface area contributed by atoms with E-state index in [1.54, 1.807) is 39.5 Å². The van der Waals surface area contributed by atoms with Gasteiger partial charge in [-0.15, -0.1) is 0 Å². The molecule has 0 saturated heterocycles. The Morgan fingerprint density at radius 2 is 1.61 bits per heavy atom. The summed E-state index contributed by atoms with van der Waals surface area (Å²) in [4.78, 5) is 17.9. The van der Waals surface area contributed by atoms with E-state index in [1.165, 1.54) is 18.4 Å². The van der Waals surface area contributed by atoms with Crippen molar-refractivity contribution in [1.29, 1.82) is 0 Å². The molecule has 0 spiro atoms. The Morgan fingerprint density at radius 1 is 0.964 bits per heavy atom. The number of aryl methyl sites for hydroxylation is 1. The third-order valence-corrected chi connectivity index (χ3v) is 5.44. The highest BCUT2D eigenvalue weighted by Crippen LogP contribution is 2.35. The van der Waals surface area contributed by atoms with Gasteiger partial charge >= 0.3 is 0 Å².